The van der Waals surface area contributed by atoms with Crippen LogP contribution in [0.1, 0.15) is 12.0 Å². The van der Waals surface area contributed by atoms with Gasteiger partial charge in [0.1, 0.15) is 5.25 Å². The number of amides is 1. The summed E-state index contributed by atoms with van der Waals surface area (Å²) >= 11 is 2.11. The Morgan fingerprint density at radius 2 is 2.11 bits per heavy atom. The Morgan fingerprint density at radius 1 is 1.44 bits per heavy atom. The highest BCUT2D eigenvalue weighted by Crippen LogP contribution is 2.29. The van der Waals surface area contributed by atoms with E-state index in [0.717, 1.165) is 9.13 Å². The number of halogens is 2. The number of anilines is 1. The van der Waals surface area contributed by atoms with Crippen LogP contribution in [0.3, 0.4) is 0 Å². The Balaban J connectivity index is 2.35. The van der Waals surface area contributed by atoms with Crippen LogP contribution in [-0.2, 0) is 15.0 Å². The Hall–Kier alpha value is -0.700. The van der Waals surface area contributed by atoms with Crippen molar-refractivity contribution in [3.8, 4) is 0 Å². The van der Waals surface area contributed by atoms with E-state index >= 15 is 0 Å². The molecule has 98 valence electrons. The van der Waals surface area contributed by atoms with Crippen LogP contribution in [0.4, 0.5) is 9.57 Å². The highest BCUT2D eigenvalue weighted by atomic mass is 127. The van der Waals surface area contributed by atoms with Crippen molar-refractivity contribution < 1.29 is 17.1 Å². The van der Waals surface area contributed by atoms with E-state index in [9.17, 15) is 17.1 Å². The molecule has 1 saturated heterocycles. The second-order valence-corrected chi connectivity index (χ2v) is 7.10. The van der Waals surface area contributed by atoms with E-state index in [1.165, 1.54) is 4.90 Å². The summed E-state index contributed by atoms with van der Waals surface area (Å²) in [6, 6.07) is 5.53. The molecule has 0 aromatic heterocycles. The van der Waals surface area contributed by atoms with Gasteiger partial charge in [-0.05, 0) is 47.2 Å². The SMILES string of the molecule is Cc1ccc(I)cc1N1CC(S(=O)(=O)F)CC1=O. The molecule has 1 aromatic carbocycles. The van der Waals surface area contributed by atoms with Crippen LogP contribution in [0.2, 0.25) is 0 Å². The quantitative estimate of drug-likeness (QED) is 0.580. The molecule has 1 amide bonds. The summed E-state index contributed by atoms with van der Waals surface area (Å²) in [5, 5.41) is -1.25. The molecule has 0 aliphatic carbocycles. The van der Waals surface area contributed by atoms with Crippen molar-refractivity contribution in [2.24, 2.45) is 0 Å². The topological polar surface area (TPSA) is 54.5 Å². The lowest BCUT2D eigenvalue weighted by Gasteiger charge is -2.18. The smallest absolute Gasteiger partial charge is 0.307 e. The third-order valence-electron chi connectivity index (χ3n) is 2.95. The Morgan fingerprint density at radius 3 is 2.67 bits per heavy atom. The zero-order valence-electron chi connectivity index (χ0n) is 9.56. The zero-order valence-corrected chi connectivity index (χ0v) is 12.5. The van der Waals surface area contributed by atoms with Crippen molar-refractivity contribution in [3.05, 3.63) is 27.3 Å². The molecule has 0 radical (unpaired) electrons. The number of carbonyl (C=O) groups is 1. The summed E-state index contributed by atoms with van der Waals surface area (Å²) in [6.07, 6.45) is -0.288. The number of benzene rings is 1. The van der Waals surface area contributed by atoms with Gasteiger partial charge in [0, 0.05) is 22.2 Å². The third-order valence-corrected chi connectivity index (χ3v) is 4.73. The predicted octanol–water partition coefficient (Wildman–Crippen LogP) is 2.00. The summed E-state index contributed by atoms with van der Waals surface area (Å²) in [5.74, 6) is -0.355. The Bertz CT molecular complexity index is 602. The Kier molecular flexibility index (Phi) is 3.63. The van der Waals surface area contributed by atoms with Gasteiger partial charge in [-0.1, -0.05) is 6.07 Å². The first-order valence-corrected chi connectivity index (χ1v) is 7.81. The van der Waals surface area contributed by atoms with Crippen molar-refractivity contribution in [2.75, 3.05) is 11.4 Å². The van der Waals surface area contributed by atoms with Crippen molar-refractivity contribution in [1.29, 1.82) is 0 Å². The molecule has 18 heavy (non-hydrogen) atoms. The van der Waals surface area contributed by atoms with Gasteiger partial charge in [-0.2, -0.15) is 8.42 Å². The standard InChI is InChI=1S/C11H11FINO3S/c1-7-2-3-8(13)4-10(7)14-6-9(5-11(14)15)18(12,16)17/h2-4,9H,5-6H2,1H3. The minimum absolute atomic E-state index is 0.113. The van der Waals surface area contributed by atoms with Gasteiger partial charge in [0.05, 0.1) is 0 Å². The number of carbonyl (C=O) groups excluding carboxylic acids is 1. The maximum absolute atomic E-state index is 12.9. The number of hydrogen-bond donors (Lipinski definition) is 0. The second-order valence-electron chi connectivity index (χ2n) is 4.24. The fourth-order valence-corrected chi connectivity index (χ4v) is 3.11. The molecular weight excluding hydrogens is 372 g/mol. The molecule has 1 unspecified atom stereocenters. The molecule has 0 N–H and O–H groups in total. The largest absolute Gasteiger partial charge is 0.311 e. The number of hydrogen-bond acceptors (Lipinski definition) is 3. The number of rotatable bonds is 2. The molecule has 4 nitrogen and oxygen atoms in total. The van der Waals surface area contributed by atoms with Gasteiger partial charge >= 0.3 is 10.2 Å². The van der Waals surface area contributed by atoms with Gasteiger partial charge in [-0.15, -0.1) is 3.89 Å². The summed E-state index contributed by atoms with van der Waals surface area (Å²) in [4.78, 5) is 13.1. The second kappa shape index (κ2) is 4.76. The van der Waals surface area contributed by atoms with Crippen LogP contribution in [0.5, 0.6) is 0 Å². The zero-order chi connectivity index (χ0) is 13.5. The first-order valence-electron chi connectivity index (χ1n) is 5.29. The lowest BCUT2D eigenvalue weighted by atomic mass is 10.2. The molecule has 2 rings (SSSR count). The van der Waals surface area contributed by atoms with Crippen LogP contribution in [0.25, 0.3) is 0 Å². The fraction of sp³-hybridized carbons (Fsp3) is 0.364. The minimum Gasteiger partial charge on any atom is -0.311 e. The fourth-order valence-electron chi connectivity index (χ4n) is 1.97. The molecule has 1 fully saturated rings. The lowest BCUT2D eigenvalue weighted by Crippen LogP contribution is -2.27. The van der Waals surface area contributed by atoms with E-state index in [0.29, 0.717) is 5.69 Å². The molecule has 0 spiro atoms. The van der Waals surface area contributed by atoms with Gasteiger partial charge in [0.25, 0.3) is 0 Å². The molecule has 1 atom stereocenters. The molecule has 1 aliphatic rings. The van der Waals surface area contributed by atoms with E-state index in [4.69, 9.17) is 0 Å². The third kappa shape index (κ3) is 2.66. The first-order chi connectivity index (χ1) is 8.29. The highest BCUT2D eigenvalue weighted by molar-refractivity contribution is 14.1. The van der Waals surface area contributed by atoms with E-state index in [-0.39, 0.29) is 18.9 Å². The monoisotopic (exact) mass is 383 g/mol. The number of aryl methyl sites for hydroxylation is 1. The van der Waals surface area contributed by atoms with Crippen LogP contribution < -0.4 is 4.90 Å². The van der Waals surface area contributed by atoms with Crippen LogP contribution in [0, 0.1) is 10.5 Å². The summed E-state index contributed by atoms with van der Waals surface area (Å²) in [7, 11) is -4.66. The van der Waals surface area contributed by atoms with Gasteiger partial charge in [-0.3, -0.25) is 4.79 Å². The summed E-state index contributed by atoms with van der Waals surface area (Å²) < 4.78 is 35.6. The lowest BCUT2D eigenvalue weighted by molar-refractivity contribution is -0.117. The molecular formula is C11H11FINO3S. The molecule has 0 saturated carbocycles. The highest BCUT2D eigenvalue weighted by Gasteiger charge is 2.39. The average Bonchev–Trinajstić information content (AvgIpc) is 2.64. The predicted molar refractivity (Wildman–Crippen MR) is 74.7 cm³/mol. The van der Waals surface area contributed by atoms with Crippen molar-refractivity contribution >= 4 is 44.4 Å². The molecule has 0 bridgehead atoms. The van der Waals surface area contributed by atoms with E-state index in [1.54, 1.807) is 6.07 Å². The maximum Gasteiger partial charge on any atom is 0.307 e. The van der Waals surface area contributed by atoms with Crippen molar-refractivity contribution in [1.82, 2.24) is 0 Å². The van der Waals surface area contributed by atoms with Gasteiger partial charge in [-0.25, -0.2) is 0 Å². The maximum atomic E-state index is 12.9. The van der Waals surface area contributed by atoms with Gasteiger partial charge < -0.3 is 4.90 Å². The van der Waals surface area contributed by atoms with Crippen LogP contribution in [0.15, 0.2) is 18.2 Å². The van der Waals surface area contributed by atoms with Crippen LogP contribution in [-0.4, -0.2) is 26.1 Å². The normalized spacial score (nSPS) is 20.5. The van der Waals surface area contributed by atoms with Gasteiger partial charge in [0.2, 0.25) is 5.91 Å². The van der Waals surface area contributed by atoms with Gasteiger partial charge in [0.15, 0.2) is 0 Å². The van der Waals surface area contributed by atoms with E-state index in [1.807, 2.05) is 19.1 Å². The molecule has 1 aliphatic heterocycles. The minimum atomic E-state index is -4.66. The van der Waals surface area contributed by atoms with E-state index < -0.39 is 15.5 Å². The van der Waals surface area contributed by atoms with E-state index in [2.05, 4.69) is 22.6 Å². The van der Waals surface area contributed by atoms with Crippen molar-refractivity contribution in [3.63, 3.8) is 0 Å². The molecule has 1 aromatic rings. The first kappa shape index (κ1) is 13.7. The summed E-state index contributed by atoms with van der Waals surface area (Å²) in [5.41, 5.74) is 1.51. The van der Waals surface area contributed by atoms with Crippen molar-refractivity contribution in [2.45, 2.75) is 18.6 Å². The summed E-state index contributed by atoms with van der Waals surface area (Å²) in [6.45, 7) is 1.72. The Labute approximate surface area is 119 Å². The molecule has 7 heteroatoms. The number of nitrogens with zero attached hydrogens (tertiary/aromatic N) is 1. The average molecular weight is 383 g/mol. The van der Waals surface area contributed by atoms with Crippen LogP contribution >= 0.6 is 22.6 Å². The molecule has 1 heterocycles.